The summed E-state index contributed by atoms with van der Waals surface area (Å²) in [5.74, 6) is -1.15. The van der Waals surface area contributed by atoms with Crippen LogP contribution in [0, 0.1) is 22.7 Å². The van der Waals surface area contributed by atoms with Gasteiger partial charge in [0.05, 0.1) is 11.7 Å². The van der Waals surface area contributed by atoms with Gasteiger partial charge in [-0.2, -0.15) is 0 Å². The summed E-state index contributed by atoms with van der Waals surface area (Å²) in [6.45, 7) is 8.61. The van der Waals surface area contributed by atoms with Gasteiger partial charge >= 0.3 is 5.97 Å². The highest BCUT2D eigenvalue weighted by molar-refractivity contribution is 5.84. The Morgan fingerprint density at radius 1 is 1.15 bits per heavy atom. The average molecular weight is 376 g/mol. The minimum Gasteiger partial charge on any atom is -0.475 e. The number of aliphatic hydroxyl groups is 1. The number of rotatable bonds is 1. The maximum absolute atomic E-state index is 12.6. The number of hydrogen-bond acceptors (Lipinski definition) is 5. The van der Waals surface area contributed by atoms with Crippen molar-refractivity contribution in [3.8, 4) is 5.95 Å². The summed E-state index contributed by atoms with van der Waals surface area (Å²) in [6.07, 6.45) is 3.54. The van der Waals surface area contributed by atoms with Crippen LogP contribution in [-0.2, 0) is 6.42 Å². The second kappa shape index (κ2) is 5.60. The average Bonchev–Trinajstić information content (AvgIpc) is 2.57. The van der Waals surface area contributed by atoms with E-state index in [1.807, 2.05) is 6.92 Å². The molecule has 2 N–H and O–H groups in total. The molecule has 1 aliphatic heterocycles. The van der Waals surface area contributed by atoms with Gasteiger partial charge in [-0.15, -0.1) is 0 Å². The molecule has 0 amide bonds. The predicted molar refractivity (Wildman–Crippen MR) is 98.0 cm³/mol. The van der Waals surface area contributed by atoms with Crippen LogP contribution in [0.4, 0.5) is 0 Å². The van der Waals surface area contributed by atoms with Crippen LogP contribution in [0.5, 0.6) is 5.95 Å². The summed E-state index contributed by atoms with van der Waals surface area (Å²) in [4.78, 5) is 23.8. The molecule has 1 aromatic heterocycles. The van der Waals surface area contributed by atoms with Crippen molar-refractivity contribution in [1.29, 1.82) is 0 Å². The highest BCUT2D eigenvalue weighted by Gasteiger charge is 2.62. The van der Waals surface area contributed by atoms with Crippen molar-refractivity contribution in [2.75, 3.05) is 0 Å². The number of carboxylic acids is 1. The smallest absolute Gasteiger partial charge is 0.372 e. The third-order valence-corrected chi connectivity index (χ3v) is 7.93. The normalized spacial score (nSPS) is 39.5. The summed E-state index contributed by atoms with van der Waals surface area (Å²) in [7, 11) is 0. The Labute approximate surface area is 158 Å². The van der Waals surface area contributed by atoms with E-state index >= 15 is 0 Å². The highest BCUT2D eigenvalue weighted by Crippen LogP contribution is 2.64. The Kier molecular flexibility index (Phi) is 3.84. The van der Waals surface area contributed by atoms with E-state index in [0.717, 1.165) is 31.7 Å². The number of hydrogen-bond donors (Lipinski definition) is 2. The summed E-state index contributed by atoms with van der Waals surface area (Å²) in [5.41, 5.74) is -0.661. The van der Waals surface area contributed by atoms with Crippen molar-refractivity contribution in [1.82, 2.24) is 0 Å². The first-order valence-corrected chi connectivity index (χ1v) is 9.76. The van der Waals surface area contributed by atoms with E-state index in [0.29, 0.717) is 17.9 Å². The molecular weight excluding hydrogens is 348 g/mol. The lowest BCUT2D eigenvalue weighted by Gasteiger charge is -2.63. The molecule has 2 aliphatic carbocycles. The van der Waals surface area contributed by atoms with Crippen LogP contribution in [0.1, 0.15) is 69.5 Å². The largest absolute Gasteiger partial charge is 0.475 e. The molecule has 5 atom stereocenters. The van der Waals surface area contributed by atoms with Gasteiger partial charge in [-0.3, -0.25) is 4.79 Å². The summed E-state index contributed by atoms with van der Waals surface area (Å²) < 4.78 is 11.6. The molecule has 2 saturated carbocycles. The van der Waals surface area contributed by atoms with Gasteiger partial charge in [-0.25, -0.2) is 4.79 Å². The lowest BCUT2D eigenvalue weighted by atomic mass is 9.44. The third-order valence-electron chi connectivity index (χ3n) is 7.93. The molecule has 6 heteroatoms. The van der Waals surface area contributed by atoms with Crippen LogP contribution in [0.3, 0.4) is 0 Å². The molecule has 4 rings (SSSR count). The fraction of sp³-hybridized carbons (Fsp3) is 0.714. The van der Waals surface area contributed by atoms with Crippen molar-refractivity contribution >= 4 is 5.97 Å². The monoisotopic (exact) mass is 376 g/mol. The zero-order valence-electron chi connectivity index (χ0n) is 16.4. The third kappa shape index (κ3) is 2.49. The van der Waals surface area contributed by atoms with Gasteiger partial charge in [0.15, 0.2) is 5.43 Å². The van der Waals surface area contributed by atoms with Crippen LogP contribution >= 0.6 is 0 Å². The van der Waals surface area contributed by atoms with Gasteiger partial charge in [-0.05, 0) is 55.8 Å². The molecule has 0 aromatic carbocycles. The molecule has 0 unspecified atom stereocenters. The SMILES string of the molecule is CC1(C)[C@H](O)CC[C@]2(C)[C@H]3Cc4c(oc(C(=O)O)cc4=O)O[C@@]3(C)CC[C@@H]12. The van der Waals surface area contributed by atoms with Crippen molar-refractivity contribution in [3.05, 3.63) is 27.6 Å². The fourth-order valence-corrected chi connectivity index (χ4v) is 6.35. The van der Waals surface area contributed by atoms with Crippen molar-refractivity contribution in [2.24, 2.45) is 22.7 Å². The van der Waals surface area contributed by atoms with E-state index in [9.17, 15) is 19.8 Å². The van der Waals surface area contributed by atoms with Crippen molar-refractivity contribution in [2.45, 2.75) is 71.5 Å². The van der Waals surface area contributed by atoms with E-state index in [2.05, 4.69) is 20.8 Å². The van der Waals surface area contributed by atoms with Crippen LogP contribution < -0.4 is 10.2 Å². The van der Waals surface area contributed by atoms with Gasteiger partial charge in [0, 0.05) is 12.0 Å². The summed E-state index contributed by atoms with van der Waals surface area (Å²) in [5, 5.41) is 19.8. The summed E-state index contributed by atoms with van der Waals surface area (Å²) in [6, 6.07) is 1.05. The predicted octanol–water partition coefficient (Wildman–Crippen LogP) is 3.25. The first-order valence-electron chi connectivity index (χ1n) is 9.76. The highest BCUT2D eigenvalue weighted by atomic mass is 16.6. The lowest BCUT2D eigenvalue weighted by Crippen LogP contribution is -2.63. The number of carbonyl (C=O) groups is 1. The van der Waals surface area contributed by atoms with E-state index in [1.165, 1.54) is 0 Å². The molecule has 2 heterocycles. The molecule has 148 valence electrons. The van der Waals surface area contributed by atoms with E-state index in [1.54, 1.807) is 0 Å². The van der Waals surface area contributed by atoms with E-state index in [-0.39, 0.29) is 40.0 Å². The van der Waals surface area contributed by atoms with Crippen LogP contribution in [0.25, 0.3) is 0 Å². The number of aliphatic hydroxyl groups excluding tert-OH is 1. The topological polar surface area (TPSA) is 97.0 Å². The second-order valence-electron chi connectivity index (χ2n) is 9.69. The number of carboxylic acid groups (broad SMARTS) is 1. The molecule has 1 aromatic rings. The summed E-state index contributed by atoms with van der Waals surface area (Å²) >= 11 is 0. The Balaban J connectivity index is 1.80. The molecule has 2 fully saturated rings. The molecule has 0 radical (unpaired) electrons. The maximum Gasteiger partial charge on any atom is 0.372 e. The first-order chi connectivity index (χ1) is 12.5. The zero-order valence-corrected chi connectivity index (χ0v) is 16.4. The van der Waals surface area contributed by atoms with Crippen molar-refractivity contribution < 1.29 is 24.2 Å². The Bertz CT molecular complexity index is 855. The zero-order chi connectivity index (χ0) is 19.8. The van der Waals surface area contributed by atoms with E-state index < -0.39 is 11.6 Å². The quantitative estimate of drug-likeness (QED) is 0.781. The molecule has 0 saturated heterocycles. The van der Waals surface area contributed by atoms with Gasteiger partial charge in [0.1, 0.15) is 5.60 Å². The molecule has 3 aliphatic rings. The first kappa shape index (κ1) is 18.5. The minimum absolute atomic E-state index is 0.0642. The van der Waals surface area contributed by atoms with Crippen LogP contribution in [-0.4, -0.2) is 27.9 Å². The fourth-order valence-electron chi connectivity index (χ4n) is 6.35. The van der Waals surface area contributed by atoms with Crippen LogP contribution in [0.15, 0.2) is 15.3 Å². The molecule has 6 nitrogen and oxygen atoms in total. The Morgan fingerprint density at radius 2 is 1.85 bits per heavy atom. The second-order valence-corrected chi connectivity index (χ2v) is 9.69. The number of fused-ring (bicyclic) bond motifs is 4. The van der Waals surface area contributed by atoms with Gasteiger partial charge in [0.25, 0.3) is 5.95 Å². The van der Waals surface area contributed by atoms with Gasteiger partial charge in [0.2, 0.25) is 5.76 Å². The Morgan fingerprint density at radius 3 is 2.52 bits per heavy atom. The number of aromatic carboxylic acids is 1. The Hall–Kier alpha value is -1.82. The molecule has 0 spiro atoms. The van der Waals surface area contributed by atoms with Gasteiger partial charge < -0.3 is 19.4 Å². The maximum atomic E-state index is 12.6. The standard InChI is InChI=1S/C21H28O6/c1-19(2)14-5-8-21(4)15(20(14,3)7-6-16(19)23)9-11-12(22)10-13(17(24)25)26-18(11)27-21/h10,14-16,23H,5-9H2,1-4H3,(H,24,25)/t14-,15+,16+,20-,21-/m0/s1. The van der Waals surface area contributed by atoms with Crippen molar-refractivity contribution in [3.63, 3.8) is 0 Å². The lowest BCUT2D eigenvalue weighted by molar-refractivity contribution is -0.195. The molecule has 0 bridgehead atoms. The van der Waals surface area contributed by atoms with E-state index in [4.69, 9.17) is 9.15 Å². The molecular formula is C21H28O6. The molecule has 27 heavy (non-hydrogen) atoms. The van der Waals surface area contributed by atoms with Gasteiger partial charge in [-0.1, -0.05) is 20.8 Å². The minimum atomic E-state index is -1.27. The number of ether oxygens (including phenoxy) is 1. The van der Waals surface area contributed by atoms with Crippen LogP contribution in [0.2, 0.25) is 0 Å².